The average molecular weight is 255 g/mol. The minimum absolute atomic E-state index is 0.635. The van der Waals surface area contributed by atoms with Gasteiger partial charge in [-0.05, 0) is 32.0 Å². The third-order valence-corrected chi connectivity index (χ3v) is 3.72. The number of anilines is 1. The quantitative estimate of drug-likeness (QED) is 0.897. The number of piperidine rings is 1. The minimum Gasteiger partial charge on any atom is -0.497 e. The fraction of sp³-hybridized carbons (Fsp3) is 0.538. The Morgan fingerprint density at radius 2 is 2.06 bits per heavy atom. The van der Waals surface area contributed by atoms with Crippen molar-refractivity contribution in [3.63, 3.8) is 0 Å². The van der Waals surface area contributed by atoms with Crippen molar-refractivity contribution in [2.75, 3.05) is 32.1 Å². The predicted molar refractivity (Wildman–Crippen MR) is 72.3 cm³/mol. The number of methoxy groups -OCH3 is 1. The summed E-state index contributed by atoms with van der Waals surface area (Å²) < 4.78 is 5.25. The maximum absolute atomic E-state index is 6.24. The second-order valence-electron chi connectivity index (χ2n) is 4.37. The van der Waals surface area contributed by atoms with E-state index in [0.717, 1.165) is 42.4 Å². The Kier molecular flexibility index (Phi) is 4.13. The fourth-order valence-electron chi connectivity index (χ4n) is 2.27. The van der Waals surface area contributed by atoms with Crippen LogP contribution in [0.3, 0.4) is 0 Å². The molecule has 0 saturated carbocycles. The number of halogens is 1. The molecular formula is C13H19ClN2O. The van der Waals surface area contributed by atoms with Crippen molar-refractivity contribution in [2.45, 2.75) is 18.9 Å². The van der Waals surface area contributed by atoms with Crippen molar-refractivity contribution in [1.29, 1.82) is 0 Å². The first-order valence-electron chi connectivity index (χ1n) is 6.00. The zero-order chi connectivity index (χ0) is 12.3. The molecule has 1 fully saturated rings. The molecule has 1 aromatic rings. The molecule has 3 nitrogen and oxygen atoms in total. The number of nitrogens with one attached hydrogen (secondary N) is 1. The van der Waals surface area contributed by atoms with Crippen LogP contribution < -0.4 is 15.0 Å². The van der Waals surface area contributed by atoms with Gasteiger partial charge >= 0.3 is 0 Å². The van der Waals surface area contributed by atoms with Gasteiger partial charge in [-0.2, -0.15) is 0 Å². The molecule has 1 N–H and O–H groups in total. The summed E-state index contributed by atoms with van der Waals surface area (Å²) in [5, 5.41) is 4.13. The van der Waals surface area contributed by atoms with E-state index in [-0.39, 0.29) is 0 Å². The number of ether oxygens (including phenoxy) is 1. The van der Waals surface area contributed by atoms with E-state index in [4.69, 9.17) is 16.3 Å². The lowest BCUT2D eigenvalue weighted by atomic mass is 10.0. The second-order valence-corrected chi connectivity index (χ2v) is 4.77. The van der Waals surface area contributed by atoms with Crippen LogP contribution in [0.1, 0.15) is 12.8 Å². The normalized spacial score (nSPS) is 17.2. The van der Waals surface area contributed by atoms with Crippen LogP contribution >= 0.6 is 11.6 Å². The van der Waals surface area contributed by atoms with Gasteiger partial charge in [-0.15, -0.1) is 0 Å². The Morgan fingerprint density at radius 1 is 1.35 bits per heavy atom. The highest BCUT2D eigenvalue weighted by Gasteiger charge is 2.19. The van der Waals surface area contributed by atoms with Gasteiger partial charge in [0.1, 0.15) is 5.75 Å². The summed E-state index contributed by atoms with van der Waals surface area (Å²) >= 11 is 6.24. The van der Waals surface area contributed by atoms with Gasteiger partial charge in [0.15, 0.2) is 0 Å². The number of hydrogen-bond acceptors (Lipinski definition) is 3. The maximum atomic E-state index is 6.24. The molecule has 0 radical (unpaired) electrons. The molecule has 1 aliphatic rings. The van der Waals surface area contributed by atoms with Crippen LogP contribution in [-0.4, -0.2) is 33.3 Å². The van der Waals surface area contributed by atoms with E-state index in [1.54, 1.807) is 7.11 Å². The maximum Gasteiger partial charge on any atom is 0.121 e. The highest BCUT2D eigenvalue weighted by Crippen LogP contribution is 2.31. The lowest BCUT2D eigenvalue weighted by Gasteiger charge is -2.34. The van der Waals surface area contributed by atoms with Gasteiger partial charge in [0.25, 0.3) is 0 Å². The molecule has 2 rings (SSSR count). The molecule has 1 heterocycles. The second kappa shape index (κ2) is 5.61. The lowest BCUT2D eigenvalue weighted by Crippen LogP contribution is -2.41. The highest BCUT2D eigenvalue weighted by atomic mass is 35.5. The molecule has 0 unspecified atom stereocenters. The third-order valence-electron chi connectivity index (χ3n) is 3.40. The van der Waals surface area contributed by atoms with Crippen LogP contribution in [0, 0.1) is 0 Å². The Bertz CT molecular complexity index is 376. The third kappa shape index (κ3) is 2.85. The molecule has 0 amide bonds. The van der Waals surface area contributed by atoms with Crippen LogP contribution in [0.15, 0.2) is 18.2 Å². The monoisotopic (exact) mass is 254 g/mol. The van der Waals surface area contributed by atoms with Crippen molar-refractivity contribution < 1.29 is 4.74 Å². The highest BCUT2D eigenvalue weighted by molar-refractivity contribution is 6.33. The molecule has 17 heavy (non-hydrogen) atoms. The summed E-state index contributed by atoms with van der Waals surface area (Å²) in [6.45, 7) is 2.08. The first kappa shape index (κ1) is 12.5. The van der Waals surface area contributed by atoms with Gasteiger partial charge in [0.05, 0.1) is 17.8 Å². The van der Waals surface area contributed by atoms with Crippen molar-refractivity contribution in [1.82, 2.24) is 5.32 Å². The van der Waals surface area contributed by atoms with Gasteiger partial charge in [-0.1, -0.05) is 11.6 Å². The van der Waals surface area contributed by atoms with E-state index in [9.17, 15) is 0 Å². The van der Waals surface area contributed by atoms with Gasteiger partial charge in [0, 0.05) is 25.2 Å². The zero-order valence-electron chi connectivity index (χ0n) is 10.4. The molecule has 1 aliphatic heterocycles. The van der Waals surface area contributed by atoms with E-state index in [2.05, 4.69) is 10.2 Å². The van der Waals surface area contributed by atoms with Crippen molar-refractivity contribution in [2.24, 2.45) is 0 Å². The van der Waals surface area contributed by atoms with Gasteiger partial charge in [0.2, 0.25) is 0 Å². The molecule has 0 aliphatic carbocycles. The summed E-state index contributed by atoms with van der Waals surface area (Å²) in [4.78, 5) is 2.33. The van der Waals surface area contributed by atoms with Crippen LogP contribution in [-0.2, 0) is 0 Å². The van der Waals surface area contributed by atoms with Crippen LogP contribution in [0.25, 0.3) is 0 Å². The molecule has 4 heteroatoms. The van der Waals surface area contributed by atoms with E-state index in [1.165, 1.54) is 0 Å². The number of rotatable bonds is 3. The first-order chi connectivity index (χ1) is 8.24. The summed E-state index contributed by atoms with van der Waals surface area (Å²) in [6, 6.07) is 6.45. The molecular weight excluding hydrogens is 236 g/mol. The van der Waals surface area contributed by atoms with E-state index in [0.29, 0.717) is 6.04 Å². The Hall–Kier alpha value is -0.930. The van der Waals surface area contributed by atoms with Gasteiger partial charge in [-0.25, -0.2) is 0 Å². The minimum atomic E-state index is 0.635. The number of hydrogen-bond donors (Lipinski definition) is 1. The SMILES string of the molecule is CNC1CCN(c2cc(OC)ccc2Cl)CC1. The summed E-state index contributed by atoms with van der Waals surface area (Å²) in [5.41, 5.74) is 1.08. The van der Waals surface area contributed by atoms with E-state index in [1.807, 2.05) is 25.2 Å². The van der Waals surface area contributed by atoms with Crippen LogP contribution in [0.5, 0.6) is 5.75 Å². The van der Waals surface area contributed by atoms with Crippen LogP contribution in [0.2, 0.25) is 5.02 Å². The fourth-order valence-corrected chi connectivity index (χ4v) is 2.51. The number of nitrogens with zero attached hydrogens (tertiary/aromatic N) is 1. The topological polar surface area (TPSA) is 24.5 Å². The van der Waals surface area contributed by atoms with Gasteiger partial charge < -0.3 is 15.0 Å². The largest absolute Gasteiger partial charge is 0.497 e. The molecule has 1 aromatic carbocycles. The van der Waals surface area contributed by atoms with Crippen LogP contribution in [0.4, 0.5) is 5.69 Å². The first-order valence-corrected chi connectivity index (χ1v) is 6.38. The Balaban J connectivity index is 2.12. The summed E-state index contributed by atoms with van der Waals surface area (Å²) in [5.74, 6) is 0.861. The number of benzene rings is 1. The zero-order valence-corrected chi connectivity index (χ0v) is 11.1. The molecule has 94 valence electrons. The molecule has 0 spiro atoms. The standard InChI is InChI=1S/C13H19ClN2O/c1-15-10-5-7-16(8-6-10)13-9-11(17-2)3-4-12(13)14/h3-4,9-10,15H,5-8H2,1-2H3. The van der Waals surface area contributed by atoms with E-state index >= 15 is 0 Å². The Labute approximate surface area is 108 Å². The molecule has 1 saturated heterocycles. The molecule has 0 atom stereocenters. The van der Waals surface area contributed by atoms with E-state index < -0.39 is 0 Å². The summed E-state index contributed by atoms with van der Waals surface area (Å²) in [6.07, 6.45) is 2.31. The smallest absolute Gasteiger partial charge is 0.121 e. The van der Waals surface area contributed by atoms with Crippen molar-refractivity contribution in [3.8, 4) is 5.75 Å². The summed E-state index contributed by atoms with van der Waals surface area (Å²) in [7, 11) is 3.71. The lowest BCUT2D eigenvalue weighted by molar-refractivity contribution is 0.413. The predicted octanol–water partition coefficient (Wildman–Crippen LogP) is 2.54. The Morgan fingerprint density at radius 3 is 2.65 bits per heavy atom. The van der Waals surface area contributed by atoms with Crippen molar-refractivity contribution in [3.05, 3.63) is 23.2 Å². The molecule has 0 aromatic heterocycles. The molecule has 0 bridgehead atoms. The van der Waals surface area contributed by atoms with Gasteiger partial charge in [-0.3, -0.25) is 0 Å². The average Bonchev–Trinajstić information content (AvgIpc) is 2.39. The van der Waals surface area contributed by atoms with Crippen molar-refractivity contribution >= 4 is 17.3 Å².